The molecule has 0 spiro atoms. The fourth-order valence-electron chi connectivity index (χ4n) is 3.29. The standard InChI is InChI=1S/C24H24O3/c1-19(23(25)26-2)18-27-24(20-12-6-3-7-13-20,21-14-8-4-9-15-21)22-16-10-5-11-17-22/h3-17,19H,18H2,1-2H3. The van der Waals surface area contributed by atoms with Gasteiger partial charge in [-0.25, -0.2) is 0 Å². The number of hydrogen-bond acceptors (Lipinski definition) is 3. The Balaban J connectivity index is 2.15. The lowest BCUT2D eigenvalue weighted by Gasteiger charge is -2.36. The molecule has 3 heteroatoms. The Morgan fingerprint density at radius 3 is 1.48 bits per heavy atom. The van der Waals surface area contributed by atoms with Gasteiger partial charge in [0, 0.05) is 0 Å². The van der Waals surface area contributed by atoms with Crippen molar-refractivity contribution in [2.45, 2.75) is 12.5 Å². The predicted molar refractivity (Wildman–Crippen MR) is 106 cm³/mol. The van der Waals surface area contributed by atoms with Gasteiger partial charge in [0.1, 0.15) is 5.60 Å². The third-order valence-electron chi connectivity index (χ3n) is 4.69. The predicted octanol–water partition coefficient (Wildman–Crippen LogP) is 4.80. The number of benzene rings is 3. The first-order valence-corrected chi connectivity index (χ1v) is 9.07. The molecule has 0 aliphatic rings. The number of methoxy groups -OCH3 is 1. The van der Waals surface area contributed by atoms with Gasteiger partial charge in [-0.2, -0.15) is 0 Å². The van der Waals surface area contributed by atoms with E-state index < -0.39 is 5.60 Å². The van der Waals surface area contributed by atoms with Gasteiger partial charge >= 0.3 is 5.97 Å². The molecule has 3 aromatic rings. The summed E-state index contributed by atoms with van der Waals surface area (Å²) in [4.78, 5) is 11.9. The Labute approximate surface area is 160 Å². The average molecular weight is 360 g/mol. The van der Waals surface area contributed by atoms with E-state index in [4.69, 9.17) is 9.47 Å². The minimum absolute atomic E-state index is 0.241. The molecule has 1 atom stereocenters. The van der Waals surface area contributed by atoms with Gasteiger partial charge in [-0.3, -0.25) is 4.79 Å². The summed E-state index contributed by atoms with van der Waals surface area (Å²) in [5.41, 5.74) is 2.23. The molecule has 0 saturated carbocycles. The molecule has 0 amide bonds. The monoisotopic (exact) mass is 360 g/mol. The number of esters is 1. The van der Waals surface area contributed by atoms with Gasteiger partial charge in [0.25, 0.3) is 0 Å². The second-order valence-electron chi connectivity index (χ2n) is 6.51. The number of hydrogen-bond donors (Lipinski definition) is 0. The summed E-state index contributed by atoms with van der Waals surface area (Å²) in [6, 6.07) is 30.3. The molecule has 0 saturated heterocycles. The first kappa shape index (κ1) is 18.9. The minimum atomic E-state index is -0.813. The fraction of sp³-hybridized carbons (Fsp3) is 0.208. The van der Waals surface area contributed by atoms with Gasteiger partial charge in [0.05, 0.1) is 19.6 Å². The van der Waals surface area contributed by atoms with E-state index in [1.807, 2.05) is 61.5 Å². The summed E-state index contributed by atoms with van der Waals surface area (Å²) in [6.45, 7) is 2.06. The third kappa shape index (κ3) is 3.93. The van der Waals surface area contributed by atoms with Crippen molar-refractivity contribution in [1.82, 2.24) is 0 Å². The van der Waals surface area contributed by atoms with Gasteiger partial charge in [0.2, 0.25) is 0 Å². The molecule has 0 fully saturated rings. The summed E-state index contributed by atoms with van der Waals surface area (Å²) in [5.74, 6) is -0.649. The van der Waals surface area contributed by atoms with Crippen molar-refractivity contribution < 1.29 is 14.3 Å². The van der Waals surface area contributed by atoms with Crippen molar-refractivity contribution in [2.75, 3.05) is 13.7 Å². The largest absolute Gasteiger partial charge is 0.469 e. The summed E-state index contributed by atoms with van der Waals surface area (Å²) in [6.07, 6.45) is 0. The van der Waals surface area contributed by atoms with Crippen LogP contribution in [0.3, 0.4) is 0 Å². The van der Waals surface area contributed by atoms with E-state index in [-0.39, 0.29) is 18.5 Å². The first-order valence-electron chi connectivity index (χ1n) is 9.07. The Morgan fingerprint density at radius 1 is 0.778 bits per heavy atom. The highest BCUT2D eigenvalue weighted by Crippen LogP contribution is 2.40. The van der Waals surface area contributed by atoms with E-state index in [1.165, 1.54) is 7.11 Å². The molecule has 0 N–H and O–H groups in total. The molecule has 1 unspecified atom stereocenters. The molecule has 0 heterocycles. The van der Waals surface area contributed by atoms with E-state index >= 15 is 0 Å². The summed E-state index contributed by atoms with van der Waals surface area (Å²) in [5, 5.41) is 0. The van der Waals surface area contributed by atoms with Gasteiger partial charge in [-0.05, 0) is 23.6 Å². The summed E-state index contributed by atoms with van der Waals surface area (Å²) < 4.78 is 11.4. The van der Waals surface area contributed by atoms with Crippen molar-refractivity contribution in [3.05, 3.63) is 108 Å². The van der Waals surface area contributed by atoms with Crippen LogP contribution in [0, 0.1) is 5.92 Å². The maximum absolute atomic E-state index is 11.9. The highest BCUT2D eigenvalue weighted by Gasteiger charge is 2.38. The zero-order valence-electron chi connectivity index (χ0n) is 15.7. The number of rotatable bonds is 7. The molecule has 0 aliphatic heterocycles. The Kier molecular flexibility index (Phi) is 6.05. The van der Waals surface area contributed by atoms with Crippen LogP contribution in [0.15, 0.2) is 91.0 Å². The van der Waals surface area contributed by atoms with Crippen molar-refractivity contribution in [2.24, 2.45) is 5.92 Å². The second-order valence-corrected chi connectivity index (χ2v) is 6.51. The molecular formula is C24H24O3. The van der Waals surface area contributed by atoms with Crippen LogP contribution in [0.25, 0.3) is 0 Å². The van der Waals surface area contributed by atoms with Crippen LogP contribution < -0.4 is 0 Å². The maximum Gasteiger partial charge on any atom is 0.310 e. The molecule has 0 aliphatic carbocycles. The van der Waals surface area contributed by atoms with E-state index in [0.29, 0.717) is 0 Å². The Morgan fingerprint density at radius 2 is 1.15 bits per heavy atom. The van der Waals surface area contributed by atoms with Crippen LogP contribution in [-0.4, -0.2) is 19.7 Å². The van der Waals surface area contributed by atoms with Gasteiger partial charge in [-0.1, -0.05) is 91.0 Å². The number of ether oxygens (including phenoxy) is 2. The van der Waals surface area contributed by atoms with Crippen LogP contribution in [-0.2, 0) is 19.9 Å². The minimum Gasteiger partial charge on any atom is -0.469 e. The van der Waals surface area contributed by atoms with Crippen molar-refractivity contribution in [3.8, 4) is 0 Å². The lowest BCUT2D eigenvalue weighted by molar-refractivity contribution is -0.148. The van der Waals surface area contributed by atoms with E-state index in [2.05, 4.69) is 36.4 Å². The SMILES string of the molecule is COC(=O)C(C)COC(c1ccccc1)(c1ccccc1)c1ccccc1. The quantitative estimate of drug-likeness (QED) is 0.448. The molecule has 3 rings (SSSR count). The lowest BCUT2D eigenvalue weighted by Crippen LogP contribution is -2.35. The molecule has 0 radical (unpaired) electrons. The van der Waals surface area contributed by atoms with E-state index in [0.717, 1.165) is 16.7 Å². The first-order chi connectivity index (χ1) is 13.2. The smallest absolute Gasteiger partial charge is 0.310 e. The Bertz CT molecular complexity index is 748. The third-order valence-corrected chi connectivity index (χ3v) is 4.69. The fourth-order valence-corrected chi connectivity index (χ4v) is 3.29. The summed E-state index contributed by atoms with van der Waals surface area (Å²) >= 11 is 0. The summed E-state index contributed by atoms with van der Waals surface area (Å²) in [7, 11) is 1.40. The zero-order chi connectivity index (χ0) is 19.1. The van der Waals surface area contributed by atoms with Crippen molar-refractivity contribution in [3.63, 3.8) is 0 Å². The van der Waals surface area contributed by atoms with Gasteiger partial charge in [-0.15, -0.1) is 0 Å². The lowest BCUT2D eigenvalue weighted by atomic mass is 9.80. The molecule has 0 aromatic heterocycles. The van der Waals surface area contributed by atoms with Crippen molar-refractivity contribution in [1.29, 1.82) is 0 Å². The molecule has 3 aromatic carbocycles. The van der Waals surface area contributed by atoms with Crippen LogP contribution in [0.5, 0.6) is 0 Å². The Hall–Kier alpha value is -2.91. The normalized spacial score (nSPS) is 12.4. The molecular weight excluding hydrogens is 336 g/mol. The maximum atomic E-state index is 11.9. The number of carbonyl (C=O) groups excluding carboxylic acids is 1. The van der Waals surface area contributed by atoms with Crippen LogP contribution in [0.1, 0.15) is 23.6 Å². The van der Waals surface area contributed by atoms with Gasteiger partial charge in [0.15, 0.2) is 0 Å². The van der Waals surface area contributed by atoms with Crippen molar-refractivity contribution >= 4 is 5.97 Å². The zero-order valence-corrected chi connectivity index (χ0v) is 15.7. The van der Waals surface area contributed by atoms with Crippen LogP contribution in [0.2, 0.25) is 0 Å². The van der Waals surface area contributed by atoms with E-state index in [9.17, 15) is 4.79 Å². The van der Waals surface area contributed by atoms with Crippen LogP contribution >= 0.6 is 0 Å². The van der Waals surface area contributed by atoms with Crippen LogP contribution in [0.4, 0.5) is 0 Å². The number of carbonyl (C=O) groups is 1. The molecule has 0 bridgehead atoms. The molecule has 138 valence electrons. The topological polar surface area (TPSA) is 35.5 Å². The highest BCUT2D eigenvalue weighted by molar-refractivity contribution is 5.71. The van der Waals surface area contributed by atoms with Gasteiger partial charge < -0.3 is 9.47 Å². The average Bonchev–Trinajstić information content (AvgIpc) is 2.75. The molecule has 27 heavy (non-hydrogen) atoms. The molecule has 3 nitrogen and oxygen atoms in total. The highest BCUT2D eigenvalue weighted by atomic mass is 16.5. The van der Waals surface area contributed by atoms with E-state index in [1.54, 1.807) is 0 Å². The second kappa shape index (κ2) is 8.65.